The Kier molecular flexibility index (Phi) is 4.92. The lowest BCUT2D eigenvalue weighted by molar-refractivity contribution is 0.0787. The molecule has 0 saturated carbocycles. The van der Waals surface area contributed by atoms with Crippen molar-refractivity contribution in [2.45, 2.75) is 19.4 Å². The van der Waals surface area contributed by atoms with Gasteiger partial charge in [-0.3, -0.25) is 4.57 Å². The maximum atomic E-state index is 10.3. The van der Waals surface area contributed by atoms with Gasteiger partial charge in [0.05, 0.1) is 29.8 Å². The van der Waals surface area contributed by atoms with Gasteiger partial charge in [-0.2, -0.15) is 0 Å². The highest BCUT2D eigenvalue weighted by Gasteiger charge is 2.18. The second-order valence-corrected chi connectivity index (χ2v) is 8.30. The van der Waals surface area contributed by atoms with Gasteiger partial charge in [0.1, 0.15) is 6.33 Å². The molecule has 4 aromatic rings. The number of fused-ring (bicyclic) bond motifs is 1. The Balaban J connectivity index is 1.45. The lowest BCUT2D eigenvalue weighted by Gasteiger charge is -2.26. The molecule has 1 saturated heterocycles. The minimum atomic E-state index is -0.898. The summed E-state index contributed by atoms with van der Waals surface area (Å²) in [5, 5.41) is 10.3. The van der Waals surface area contributed by atoms with Crippen molar-refractivity contribution in [3.05, 3.63) is 66.7 Å². The van der Waals surface area contributed by atoms with E-state index in [1.54, 1.807) is 13.8 Å². The molecule has 158 valence electrons. The van der Waals surface area contributed by atoms with Crippen LogP contribution in [0, 0.1) is 0 Å². The molecular formula is C24H25N5O2. The fourth-order valence-corrected chi connectivity index (χ4v) is 3.83. The highest BCUT2D eigenvalue weighted by molar-refractivity contribution is 5.79. The number of ether oxygens (including phenoxy) is 1. The Morgan fingerprint density at radius 1 is 0.935 bits per heavy atom. The van der Waals surface area contributed by atoms with Gasteiger partial charge in [-0.15, -0.1) is 0 Å². The third kappa shape index (κ3) is 3.89. The summed E-state index contributed by atoms with van der Waals surface area (Å²) in [6, 6.07) is 14.1. The van der Waals surface area contributed by atoms with E-state index < -0.39 is 5.60 Å². The van der Waals surface area contributed by atoms with Crippen LogP contribution in [0.5, 0.6) is 0 Å². The number of morpholine rings is 1. The average molecular weight is 415 g/mol. The Hall–Kier alpha value is -3.29. The van der Waals surface area contributed by atoms with Gasteiger partial charge in [0.2, 0.25) is 5.95 Å². The van der Waals surface area contributed by atoms with Crippen LogP contribution < -0.4 is 4.90 Å². The van der Waals surface area contributed by atoms with Crippen LogP contribution in [0.3, 0.4) is 0 Å². The number of anilines is 1. The highest BCUT2D eigenvalue weighted by atomic mass is 16.5. The van der Waals surface area contributed by atoms with E-state index in [-0.39, 0.29) is 0 Å². The normalized spacial score (nSPS) is 14.9. The average Bonchev–Trinajstić information content (AvgIpc) is 3.23. The number of nitrogens with zero attached hydrogens (tertiary/aromatic N) is 5. The van der Waals surface area contributed by atoms with Gasteiger partial charge < -0.3 is 14.7 Å². The predicted octanol–water partition coefficient (Wildman–Crippen LogP) is 3.55. The van der Waals surface area contributed by atoms with Gasteiger partial charge in [-0.1, -0.05) is 18.2 Å². The number of aromatic nitrogens is 4. The van der Waals surface area contributed by atoms with Crippen molar-refractivity contribution in [1.29, 1.82) is 0 Å². The first-order chi connectivity index (χ1) is 15.0. The molecule has 31 heavy (non-hydrogen) atoms. The van der Waals surface area contributed by atoms with E-state index in [0.717, 1.165) is 52.4 Å². The van der Waals surface area contributed by atoms with Crippen molar-refractivity contribution in [3.63, 3.8) is 0 Å². The zero-order valence-corrected chi connectivity index (χ0v) is 17.7. The Morgan fingerprint density at radius 2 is 1.71 bits per heavy atom. The van der Waals surface area contributed by atoms with Crippen molar-refractivity contribution < 1.29 is 9.84 Å². The standard InChI is InChI=1S/C24H25N5O2/c1-24(2,30)19-6-7-22-21(13-19)27-16-29(22)20-5-3-4-17(12-20)18-14-25-23(26-15-18)28-8-10-31-11-9-28/h3-7,12-16,30H,8-11H2,1-2H3. The van der Waals surface area contributed by atoms with Crippen LogP contribution in [0.2, 0.25) is 0 Å². The van der Waals surface area contributed by atoms with Crippen LogP contribution in [0.25, 0.3) is 27.8 Å². The number of rotatable bonds is 4. The summed E-state index contributed by atoms with van der Waals surface area (Å²) in [6.45, 7) is 6.62. The SMILES string of the molecule is CC(C)(O)c1ccc2c(c1)ncn2-c1cccc(-c2cnc(N3CCOCC3)nc2)c1. The van der Waals surface area contributed by atoms with E-state index in [1.165, 1.54) is 0 Å². The summed E-state index contributed by atoms with van der Waals surface area (Å²) in [7, 11) is 0. The quantitative estimate of drug-likeness (QED) is 0.549. The number of hydrogen-bond donors (Lipinski definition) is 1. The van der Waals surface area contributed by atoms with Crippen LogP contribution in [0.15, 0.2) is 61.2 Å². The minimum absolute atomic E-state index is 0.712. The van der Waals surface area contributed by atoms with Crippen molar-refractivity contribution in [2.24, 2.45) is 0 Å². The lowest BCUT2D eigenvalue weighted by Crippen LogP contribution is -2.37. The smallest absolute Gasteiger partial charge is 0.225 e. The molecule has 7 heteroatoms. The molecule has 3 heterocycles. The largest absolute Gasteiger partial charge is 0.386 e. The maximum Gasteiger partial charge on any atom is 0.225 e. The maximum absolute atomic E-state index is 10.3. The van der Waals surface area contributed by atoms with Crippen LogP contribution in [-0.2, 0) is 10.3 Å². The molecule has 1 N–H and O–H groups in total. The Morgan fingerprint density at radius 3 is 2.45 bits per heavy atom. The van der Waals surface area contributed by atoms with E-state index in [9.17, 15) is 5.11 Å². The summed E-state index contributed by atoms with van der Waals surface area (Å²) in [5.74, 6) is 0.742. The molecule has 0 spiro atoms. The fourth-order valence-electron chi connectivity index (χ4n) is 3.83. The topological polar surface area (TPSA) is 76.3 Å². The molecule has 1 aliphatic rings. The summed E-state index contributed by atoms with van der Waals surface area (Å²) < 4.78 is 7.45. The highest BCUT2D eigenvalue weighted by Crippen LogP contribution is 2.27. The van der Waals surface area contributed by atoms with Crippen LogP contribution in [-0.4, -0.2) is 50.9 Å². The molecular weight excluding hydrogens is 390 g/mol. The van der Waals surface area contributed by atoms with E-state index in [0.29, 0.717) is 13.2 Å². The van der Waals surface area contributed by atoms with Gasteiger partial charge in [0.15, 0.2) is 0 Å². The Labute approximate surface area is 181 Å². The van der Waals surface area contributed by atoms with Crippen molar-refractivity contribution in [2.75, 3.05) is 31.2 Å². The number of benzene rings is 2. The zero-order valence-electron chi connectivity index (χ0n) is 17.7. The van der Waals surface area contributed by atoms with Crippen molar-refractivity contribution in [1.82, 2.24) is 19.5 Å². The summed E-state index contributed by atoms with van der Waals surface area (Å²) in [4.78, 5) is 15.8. The molecule has 2 aromatic carbocycles. The third-order valence-electron chi connectivity index (χ3n) is 5.64. The molecule has 0 bridgehead atoms. The van der Waals surface area contributed by atoms with Gasteiger partial charge in [-0.05, 0) is 49.2 Å². The van der Waals surface area contributed by atoms with Crippen LogP contribution in [0.1, 0.15) is 19.4 Å². The molecule has 1 aliphatic heterocycles. The van der Waals surface area contributed by atoms with E-state index in [1.807, 2.05) is 43.0 Å². The first-order valence-electron chi connectivity index (χ1n) is 10.4. The second kappa shape index (κ2) is 7.76. The molecule has 2 aromatic heterocycles. The summed E-state index contributed by atoms with van der Waals surface area (Å²) in [5.41, 5.74) is 4.80. The summed E-state index contributed by atoms with van der Waals surface area (Å²) >= 11 is 0. The van der Waals surface area contributed by atoms with Gasteiger partial charge in [-0.25, -0.2) is 15.0 Å². The molecule has 1 fully saturated rings. The van der Waals surface area contributed by atoms with E-state index in [2.05, 4.69) is 42.6 Å². The van der Waals surface area contributed by atoms with Crippen LogP contribution in [0.4, 0.5) is 5.95 Å². The molecule has 0 aliphatic carbocycles. The van der Waals surface area contributed by atoms with Gasteiger partial charge in [0.25, 0.3) is 0 Å². The lowest BCUT2D eigenvalue weighted by atomic mass is 9.98. The predicted molar refractivity (Wildman–Crippen MR) is 120 cm³/mol. The van der Waals surface area contributed by atoms with Gasteiger partial charge in [0, 0.05) is 36.7 Å². The van der Waals surface area contributed by atoms with Crippen LogP contribution >= 0.6 is 0 Å². The molecule has 7 nitrogen and oxygen atoms in total. The third-order valence-corrected chi connectivity index (χ3v) is 5.64. The number of aliphatic hydroxyl groups is 1. The fraction of sp³-hybridized carbons (Fsp3) is 0.292. The zero-order chi connectivity index (χ0) is 21.4. The van der Waals surface area contributed by atoms with Crippen molar-refractivity contribution in [3.8, 4) is 16.8 Å². The molecule has 0 atom stereocenters. The molecule has 5 rings (SSSR count). The first kappa shape index (κ1) is 19.7. The van der Waals surface area contributed by atoms with Crippen molar-refractivity contribution >= 4 is 17.0 Å². The number of imidazole rings is 1. The summed E-state index contributed by atoms with van der Waals surface area (Å²) in [6.07, 6.45) is 5.56. The number of hydrogen-bond acceptors (Lipinski definition) is 6. The minimum Gasteiger partial charge on any atom is -0.386 e. The molecule has 0 radical (unpaired) electrons. The first-order valence-corrected chi connectivity index (χ1v) is 10.4. The van der Waals surface area contributed by atoms with E-state index >= 15 is 0 Å². The molecule has 0 unspecified atom stereocenters. The Bertz CT molecular complexity index is 1200. The van der Waals surface area contributed by atoms with Gasteiger partial charge >= 0.3 is 0 Å². The van der Waals surface area contributed by atoms with E-state index in [4.69, 9.17) is 4.74 Å². The monoisotopic (exact) mass is 415 g/mol. The second-order valence-electron chi connectivity index (χ2n) is 8.30. The molecule has 0 amide bonds.